The predicted molar refractivity (Wildman–Crippen MR) is 69.3 cm³/mol. The first kappa shape index (κ1) is 12.8. The average molecular weight is 259 g/mol. The van der Waals surface area contributed by atoms with Gasteiger partial charge in [0, 0.05) is 7.05 Å². The van der Waals surface area contributed by atoms with Crippen LogP contribution in [0.3, 0.4) is 0 Å². The highest BCUT2D eigenvalue weighted by molar-refractivity contribution is 6.06. The van der Waals surface area contributed by atoms with E-state index in [0.29, 0.717) is 5.69 Å². The topological polar surface area (TPSA) is 84.2 Å². The maximum absolute atomic E-state index is 12.1. The van der Waals surface area contributed by atoms with Gasteiger partial charge in [-0.15, -0.1) is 0 Å². The molecular formula is C13H13N3O3. The molecule has 19 heavy (non-hydrogen) atoms. The lowest BCUT2D eigenvalue weighted by Crippen LogP contribution is -2.17. The summed E-state index contributed by atoms with van der Waals surface area (Å²) in [4.78, 5) is 23.1. The summed E-state index contributed by atoms with van der Waals surface area (Å²) < 4.78 is 1.45. The molecule has 0 fully saturated rings. The van der Waals surface area contributed by atoms with E-state index in [1.54, 1.807) is 38.2 Å². The van der Waals surface area contributed by atoms with Gasteiger partial charge in [0.15, 0.2) is 0 Å². The van der Waals surface area contributed by atoms with Crippen LogP contribution in [-0.2, 0) is 7.05 Å². The Labute approximate surface area is 109 Å². The third-order valence-electron chi connectivity index (χ3n) is 2.64. The van der Waals surface area contributed by atoms with Crippen molar-refractivity contribution in [1.29, 1.82) is 0 Å². The second-order valence-electron chi connectivity index (χ2n) is 4.10. The SMILES string of the molecule is Cc1cc(C(=O)Nc2ccccc2C(=O)O)n(C)n1. The zero-order valence-corrected chi connectivity index (χ0v) is 10.5. The number of hydrogen-bond donors (Lipinski definition) is 2. The van der Waals surface area contributed by atoms with Gasteiger partial charge in [-0.1, -0.05) is 12.1 Å². The number of anilines is 1. The maximum atomic E-state index is 12.1. The number of hydrogen-bond acceptors (Lipinski definition) is 3. The number of aromatic carboxylic acids is 1. The molecule has 1 heterocycles. The molecule has 1 aromatic heterocycles. The van der Waals surface area contributed by atoms with Crippen LogP contribution in [0.5, 0.6) is 0 Å². The molecule has 2 aromatic rings. The summed E-state index contributed by atoms with van der Waals surface area (Å²) >= 11 is 0. The first-order valence-corrected chi connectivity index (χ1v) is 5.63. The molecule has 2 rings (SSSR count). The number of nitrogens with one attached hydrogen (secondary N) is 1. The summed E-state index contributed by atoms with van der Waals surface area (Å²) in [5.41, 5.74) is 1.41. The molecule has 0 bridgehead atoms. The van der Waals surface area contributed by atoms with E-state index in [-0.39, 0.29) is 11.3 Å². The van der Waals surface area contributed by atoms with Crippen LogP contribution in [0.1, 0.15) is 26.5 Å². The Morgan fingerprint density at radius 2 is 2.00 bits per heavy atom. The lowest BCUT2D eigenvalue weighted by Gasteiger charge is -2.08. The largest absolute Gasteiger partial charge is 0.478 e. The number of amides is 1. The van der Waals surface area contributed by atoms with E-state index in [9.17, 15) is 9.59 Å². The fraction of sp³-hybridized carbons (Fsp3) is 0.154. The Balaban J connectivity index is 2.29. The summed E-state index contributed by atoms with van der Waals surface area (Å²) in [6, 6.07) is 7.89. The number of benzene rings is 1. The molecule has 0 saturated carbocycles. The molecule has 2 N–H and O–H groups in total. The van der Waals surface area contributed by atoms with Crippen LogP contribution < -0.4 is 5.32 Å². The summed E-state index contributed by atoms with van der Waals surface area (Å²) in [5, 5.41) is 15.7. The van der Waals surface area contributed by atoms with Gasteiger partial charge in [0.25, 0.3) is 5.91 Å². The molecule has 0 spiro atoms. The zero-order chi connectivity index (χ0) is 14.0. The van der Waals surface area contributed by atoms with Crippen molar-refractivity contribution in [2.75, 3.05) is 5.32 Å². The lowest BCUT2D eigenvalue weighted by atomic mass is 10.1. The fourth-order valence-corrected chi connectivity index (χ4v) is 1.79. The predicted octanol–water partition coefficient (Wildman–Crippen LogP) is 1.68. The number of carboxylic acids is 1. The number of para-hydroxylation sites is 1. The molecule has 0 unspecified atom stereocenters. The molecule has 0 atom stereocenters. The van der Waals surface area contributed by atoms with Gasteiger partial charge in [0.1, 0.15) is 5.69 Å². The highest BCUT2D eigenvalue weighted by Crippen LogP contribution is 2.16. The fourth-order valence-electron chi connectivity index (χ4n) is 1.79. The first-order chi connectivity index (χ1) is 8.99. The van der Waals surface area contributed by atoms with E-state index in [1.165, 1.54) is 10.7 Å². The van der Waals surface area contributed by atoms with Crippen molar-refractivity contribution < 1.29 is 14.7 Å². The molecule has 0 saturated heterocycles. The molecule has 0 aliphatic carbocycles. The number of carbonyl (C=O) groups is 2. The van der Waals surface area contributed by atoms with Gasteiger partial charge in [0.2, 0.25) is 0 Å². The van der Waals surface area contributed by atoms with Crippen molar-refractivity contribution in [2.24, 2.45) is 7.05 Å². The minimum absolute atomic E-state index is 0.0507. The molecule has 98 valence electrons. The van der Waals surface area contributed by atoms with Gasteiger partial charge in [-0.25, -0.2) is 4.79 Å². The van der Waals surface area contributed by atoms with Gasteiger partial charge >= 0.3 is 5.97 Å². The summed E-state index contributed by atoms with van der Waals surface area (Å²) in [6.07, 6.45) is 0. The van der Waals surface area contributed by atoms with Crippen LogP contribution in [-0.4, -0.2) is 26.8 Å². The van der Waals surface area contributed by atoms with Crippen molar-refractivity contribution >= 4 is 17.6 Å². The number of aromatic nitrogens is 2. The van der Waals surface area contributed by atoms with Crippen molar-refractivity contribution in [3.63, 3.8) is 0 Å². The molecule has 1 aromatic carbocycles. The van der Waals surface area contributed by atoms with Crippen LogP contribution in [0.4, 0.5) is 5.69 Å². The van der Waals surface area contributed by atoms with E-state index >= 15 is 0 Å². The summed E-state index contributed by atoms with van der Waals surface area (Å²) in [6.45, 7) is 1.78. The average Bonchev–Trinajstić information content (AvgIpc) is 2.69. The quantitative estimate of drug-likeness (QED) is 0.878. The van der Waals surface area contributed by atoms with Crippen molar-refractivity contribution in [1.82, 2.24) is 9.78 Å². The third-order valence-corrected chi connectivity index (χ3v) is 2.64. The monoisotopic (exact) mass is 259 g/mol. The van der Waals surface area contributed by atoms with Crippen LogP contribution in [0.2, 0.25) is 0 Å². The van der Waals surface area contributed by atoms with Gasteiger partial charge in [-0.05, 0) is 25.1 Å². The molecular weight excluding hydrogens is 246 g/mol. The Kier molecular flexibility index (Phi) is 3.33. The van der Waals surface area contributed by atoms with Crippen LogP contribution in [0.25, 0.3) is 0 Å². The minimum atomic E-state index is -1.09. The normalized spacial score (nSPS) is 10.2. The molecule has 0 aliphatic heterocycles. The van der Waals surface area contributed by atoms with Crippen LogP contribution >= 0.6 is 0 Å². The Morgan fingerprint density at radius 1 is 1.32 bits per heavy atom. The second kappa shape index (κ2) is 4.93. The van der Waals surface area contributed by atoms with Gasteiger partial charge in [-0.3, -0.25) is 9.48 Å². The standard InChI is InChI=1S/C13H13N3O3/c1-8-7-11(16(2)15-8)12(17)14-10-6-4-3-5-9(10)13(18)19/h3-7H,1-2H3,(H,14,17)(H,18,19). The molecule has 0 aliphatic rings. The van der Waals surface area contributed by atoms with Crippen LogP contribution in [0, 0.1) is 6.92 Å². The lowest BCUT2D eigenvalue weighted by molar-refractivity contribution is 0.0698. The van der Waals surface area contributed by atoms with Crippen molar-refractivity contribution in [3.05, 3.63) is 47.3 Å². The molecule has 1 amide bonds. The Morgan fingerprint density at radius 3 is 2.58 bits per heavy atom. The van der Waals surface area contributed by atoms with E-state index in [0.717, 1.165) is 5.69 Å². The molecule has 6 nitrogen and oxygen atoms in total. The first-order valence-electron chi connectivity index (χ1n) is 5.63. The minimum Gasteiger partial charge on any atom is -0.478 e. The van der Waals surface area contributed by atoms with E-state index in [4.69, 9.17) is 5.11 Å². The maximum Gasteiger partial charge on any atom is 0.337 e. The van der Waals surface area contributed by atoms with E-state index in [1.807, 2.05) is 0 Å². The van der Waals surface area contributed by atoms with Crippen LogP contribution in [0.15, 0.2) is 30.3 Å². The number of aryl methyl sites for hydroxylation is 2. The van der Waals surface area contributed by atoms with Crippen molar-refractivity contribution in [2.45, 2.75) is 6.92 Å². The number of carboxylic acid groups (broad SMARTS) is 1. The van der Waals surface area contributed by atoms with Gasteiger partial charge < -0.3 is 10.4 Å². The van der Waals surface area contributed by atoms with E-state index in [2.05, 4.69) is 10.4 Å². The highest BCUT2D eigenvalue weighted by Gasteiger charge is 2.15. The molecule has 6 heteroatoms. The number of rotatable bonds is 3. The summed E-state index contributed by atoms with van der Waals surface area (Å²) in [5.74, 6) is -1.48. The summed E-state index contributed by atoms with van der Waals surface area (Å²) in [7, 11) is 1.66. The van der Waals surface area contributed by atoms with Crippen molar-refractivity contribution in [3.8, 4) is 0 Å². The second-order valence-corrected chi connectivity index (χ2v) is 4.10. The smallest absolute Gasteiger partial charge is 0.337 e. The number of carbonyl (C=O) groups excluding carboxylic acids is 1. The van der Waals surface area contributed by atoms with Gasteiger partial charge in [-0.2, -0.15) is 5.10 Å². The van der Waals surface area contributed by atoms with E-state index < -0.39 is 11.9 Å². The molecule has 0 radical (unpaired) electrons. The Bertz CT molecular complexity index is 646. The highest BCUT2D eigenvalue weighted by atomic mass is 16.4. The number of nitrogens with zero attached hydrogens (tertiary/aromatic N) is 2. The Hall–Kier alpha value is -2.63. The third kappa shape index (κ3) is 2.62. The zero-order valence-electron chi connectivity index (χ0n) is 10.5. The van der Waals surface area contributed by atoms with Gasteiger partial charge in [0.05, 0.1) is 16.9 Å².